The molecule has 0 bridgehead atoms. The number of imidazole rings is 1. The van der Waals surface area contributed by atoms with Gasteiger partial charge in [0, 0.05) is 43.4 Å². The maximum absolute atomic E-state index is 14.2. The van der Waals surface area contributed by atoms with Gasteiger partial charge in [-0.25, -0.2) is 13.8 Å². The van der Waals surface area contributed by atoms with E-state index in [1.807, 2.05) is 0 Å². The van der Waals surface area contributed by atoms with Crippen molar-refractivity contribution in [3.8, 4) is 17.1 Å². The molecule has 1 fully saturated rings. The molecule has 3 aromatic carbocycles. The SMILES string of the molecule is CC1=C=CNc2c(n(-c3ccc(OCc4cccc(F)c4)cc3)c(=O)n2-c2cccc(N(C)C(=O)/C=C/C[N+](C)([O-])C3CC3)c2)C1=N. The van der Waals surface area contributed by atoms with Gasteiger partial charge in [-0.1, -0.05) is 23.9 Å². The third-order valence-electron chi connectivity index (χ3n) is 8.41. The molecule has 0 saturated heterocycles. The predicted octanol–water partition coefficient (Wildman–Crippen LogP) is 5.82. The number of hydrogen-bond donors (Lipinski definition) is 2. The molecule has 1 saturated carbocycles. The molecule has 1 atom stereocenters. The minimum Gasteiger partial charge on any atom is -0.633 e. The number of allylic oxidation sites excluding steroid dienone is 1. The van der Waals surface area contributed by atoms with Gasteiger partial charge in [0.15, 0.2) is 0 Å². The van der Waals surface area contributed by atoms with Crippen LogP contribution in [-0.4, -0.2) is 52.1 Å². The molecule has 2 aliphatic rings. The minimum absolute atomic E-state index is 0.104. The van der Waals surface area contributed by atoms with Crippen molar-refractivity contribution in [2.24, 2.45) is 0 Å². The Hall–Kier alpha value is -5.48. The third-order valence-corrected chi connectivity index (χ3v) is 8.41. The lowest BCUT2D eigenvalue weighted by molar-refractivity contribution is -0.865. The van der Waals surface area contributed by atoms with Crippen LogP contribution in [0.5, 0.6) is 5.75 Å². The highest BCUT2D eigenvalue weighted by molar-refractivity contribution is 6.13. The first-order chi connectivity index (χ1) is 22.5. The van der Waals surface area contributed by atoms with E-state index in [4.69, 9.17) is 10.1 Å². The number of anilines is 2. The summed E-state index contributed by atoms with van der Waals surface area (Å²) in [4.78, 5) is 28.7. The van der Waals surface area contributed by atoms with Crippen molar-refractivity contribution >= 4 is 23.1 Å². The van der Waals surface area contributed by atoms with Crippen LogP contribution in [0.3, 0.4) is 0 Å². The number of benzene rings is 3. The Bertz CT molecular complexity index is 2010. The Balaban J connectivity index is 1.31. The zero-order valence-corrected chi connectivity index (χ0v) is 26.4. The molecule has 1 aliphatic heterocycles. The Morgan fingerprint density at radius 2 is 1.87 bits per heavy atom. The first-order valence-electron chi connectivity index (χ1n) is 15.3. The number of halogens is 1. The predicted molar refractivity (Wildman–Crippen MR) is 180 cm³/mol. The largest absolute Gasteiger partial charge is 0.633 e. The quantitative estimate of drug-likeness (QED) is 0.0987. The number of nitrogens with one attached hydrogen (secondary N) is 2. The molecule has 1 aliphatic carbocycles. The van der Waals surface area contributed by atoms with E-state index in [0.29, 0.717) is 45.5 Å². The number of likely N-dealkylation sites (N-methyl/N-ethyl adjacent to an activating group) is 2. The van der Waals surface area contributed by atoms with Gasteiger partial charge in [0.2, 0.25) is 0 Å². The molecular formula is C36H35FN6O4. The summed E-state index contributed by atoms with van der Waals surface area (Å²) in [5, 5.41) is 24.7. The Labute approximate surface area is 271 Å². The number of quaternary nitrogens is 1. The van der Waals surface area contributed by atoms with E-state index in [1.54, 1.807) is 94.0 Å². The monoisotopic (exact) mass is 634 g/mol. The molecule has 11 heteroatoms. The van der Waals surface area contributed by atoms with Gasteiger partial charge in [0.1, 0.15) is 29.7 Å². The second kappa shape index (κ2) is 12.7. The normalized spacial score (nSPS) is 15.4. The van der Waals surface area contributed by atoms with Crippen LogP contribution in [0.1, 0.15) is 31.0 Å². The van der Waals surface area contributed by atoms with Crippen LogP contribution in [0.2, 0.25) is 0 Å². The van der Waals surface area contributed by atoms with Crippen molar-refractivity contribution < 1.29 is 18.6 Å². The van der Waals surface area contributed by atoms with Crippen LogP contribution in [0.15, 0.2) is 107 Å². The van der Waals surface area contributed by atoms with Crippen molar-refractivity contribution in [1.82, 2.24) is 9.13 Å². The highest BCUT2D eigenvalue weighted by Crippen LogP contribution is 2.31. The van der Waals surface area contributed by atoms with Gasteiger partial charge in [-0.2, -0.15) is 0 Å². The van der Waals surface area contributed by atoms with Gasteiger partial charge < -0.3 is 24.8 Å². The molecule has 240 valence electrons. The van der Waals surface area contributed by atoms with Crippen LogP contribution in [-0.2, 0) is 11.4 Å². The standard InChI is InChI=1S/C36H35FN6O4/c1-24-18-19-39-35-34(33(24)38)41(27-12-16-31(17-13-27)47-23-25-7-4-8-26(37)21-25)36(45)42(35)29-10-5-9-28(22-29)40(2)32(44)11-6-20-43(3,46)30-14-15-30/h4-13,16-17,19,21-22,30,38-39H,14-15,20,23H2,1-3H3/b11-6+,38-33?. The number of amides is 1. The van der Waals surface area contributed by atoms with Crippen LogP contribution in [0.4, 0.5) is 15.9 Å². The van der Waals surface area contributed by atoms with Crippen molar-refractivity contribution in [1.29, 1.82) is 5.41 Å². The lowest BCUT2D eigenvalue weighted by atomic mass is 10.1. The van der Waals surface area contributed by atoms with E-state index in [1.165, 1.54) is 32.2 Å². The van der Waals surface area contributed by atoms with E-state index in [0.717, 1.165) is 12.8 Å². The van der Waals surface area contributed by atoms with Crippen molar-refractivity contribution in [2.45, 2.75) is 32.4 Å². The summed E-state index contributed by atoms with van der Waals surface area (Å²) >= 11 is 0. The van der Waals surface area contributed by atoms with Crippen molar-refractivity contribution in [2.75, 3.05) is 30.9 Å². The molecule has 0 radical (unpaired) electrons. The van der Waals surface area contributed by atoms with Crippen LogP contribution in [0.25, 0.3) is 11.4 Å². The van der Waals surface area contributed by atoms with E-state index in [-0.39, 0.29) is 41.3 Å². The highest BCUT2D eigenvalue weighted by atomic mass is 19.1. The number of hydroxylamine groups is 3. The fourth-order valence-electron chi connectivity index (χ4n) is 5.51. The fourth-order valence-corrected chi connectivity index (χ4v) is 5.51. The van der Waals surface area contributed by atoms with Crippen molar-refractivity contribution in [3.63, 3.8) is 0 Å². The molecule has 4 aromatic rings. The summed E-state index contributed by atoms with van der Waals surface area (Å²) in [6.07, 6.45) is 6.42. The molecule has 47 heavy (non-hydrogen) atoms. The molecule has 10 nitrogen and oxygen atoms in total. The van der Waals surface area contributed by atoms with Crippen molar-refractivity contribution in [3.05, 3.63) is 135 Å². The summed E-state index contributed by atoms with van der Waals surface area (Å²) in [6, 6.07) is 20.1. The summed E-state index contributed by atoms with van der Waals surface area (Å²) < 4.78 is 21.9. The smallest absolute Gasteiger partial charge is 0.339 e. The highest BCUT2D eigenvalue weighted by Gasteiger charge is 2.34. The second-order valence-corrected chi connectivity index (χ2v) is 11.9. The Morgan fingerprint density at radius 1 is 1.13 bits per heavy atom. The summed E-state index contributed by atoms with van der Waals surface area (Å²) in [5.74, 6) is 0.259. The first kappa shape index (κ1) is 31.5. The van der Waals surface area contributed by atoms with Crippen LogP contribution in [0, 0.1) is 16.4 Å². The molecule has 2 N–H and O–H groups in total. The molecule has 0 spiro atoms. The topological polar surface area (TPSA) is 115 Å². The number of carbonyl (C=O) groups is 1. The second-order valence-electron chi connectivity index (χ2n) is 11.9. The minimum atomic E-state index is -0.428. The zero-order valence-electron chi connectivity index (χ0n) is 26.4. The average molecular weight is 635 g/mol. The lowest BCUT2D eigenvalue weighted by Gasteiger charge is -2.38. The first-order valence-corrected chi connectivity index (χ1v) is 15.3. The molecule has 6 rings (SSSR count). The number of hydrogen-bond acceptors (Lipinski definition) is 6. The maximum atomic E-state index is 14.2. The number of fused-ring (bicyclic) bond motifs is 1. The number of aromatic nitrogens is 2. The molecule has 1 aromatic heterocycles. The van der Waals surface area contributed by atoms with E-state index >= 15 is 0 Å². The lowest BCUT2D eigenvalue weighted by Crippen LogP contribution is -2.40. The number of ether oxygens (including phenoxy) is 1. The van der Waals surface area contributed by atoms with Crippen LogP contribution < -0.4 is 20.6 Å². The molecular weight excluding hydrogens is 599 g/mol. The van der Waals surface area contributed by atoms with E-state index in [9.17, 15) is 19.2 Å². The summed E-state index contributed by atoms with van der Waals surface area (Å²) in [7, 11) is 3.26. The van der Waals surface area contributed by atoms with Crippen LogP contribution >= 0.6 is 0 Å². The van der Waals surface area contributed by atoms with Gasteiger partial charge >= 0.3 is 5.69 Å². The molecule has 2 heterocycles. The van der Waals surface area contributed by atoms with Gasteiger partial charge in [-0.3, -0.25) is 14.8 Å². The van der Waals surface area contributed by atoms with E-state index < -0.39 is 5.69 Å². The van der Waals surface area contributed by atoms with Gasteiger partial charge in [0.25, 0.3) is 5.91 Å². The average Bonchev–Trinajstić information content (AvgIpc) is 3.89. The van der Waals surface area contributed by atoms with Gasteiger partial charge in [0.05, 0.1) is 36.7 Å². The summed E-state index contributed by atoms with van der Waals surface area (Å²) in [6.45, 7) is 2.14. The number of nitrogens with zero attached hydrogens (tertiary/aromatic N) is 4. The van der Waals surface area contributed by atoms with Gasteiger partial charge in [-0.15, -0.1) is 0 Å². The molecule has 1 amide bonds. The maximum Gasteiger partial charge on any atom is 0.339 e. The molecule has 1 unspecified atom stereocenters. The zero-order chi connectivity index (χ0) is 33.3. The fraction of sp³-hybridized carbons (Fsp3) is 0.222. The summed E-state index contributed by atoms with van der Waals surface area (Å²) in [5.41, 5.74) is 5.82. The number of rotatable bonds is 10. The number of carbonyl (C=O) groups excluding carboxylic acids is 1. The van der Waals surface area contributed by atoms with E-state index in [2.05, 4.69) is 11.0 Å². The third kappa shape index (κ3) is 6.59. The Kier molecular flexibility index (Phi) is 8.53. The van der Waals surface area contributed by atoms with Gasteiger partial charge in [-0.05, 0) is 73.2 Å². The Morgan fingerprint density at radius 3 is 2.60 bits per heavy atom.